The highest BCUT2D eigenvalue weighted by molar-refractivity contribution is 5.84. The van der Waals surface area contributed by atoms with Gasteiger partial charge in [-0.2, -0.15) is 0 Å². The molecule has 1 aliphatic carbocycles. The van der Waals surface area contributed by atoms with Crippen molar-refractivity contribution in [1.82, 2.24) is 0 Å². The molecule has 0 unspecified atom stereocenters. The quantitative estimate of drug-likeness (QED) is 0.334. The highest BCUT2D eigenvalue weighted by atomic mass is 19.1. The lowest BCUT2D eigenvalue weighted by Gasteiger charge is -2.23. The lowest BCUT2D eigenvalue weighted by molar-refractivity contribution is 0.619. The Bertz CT molecular complexity index is 1310. The van der Waals surface area contributed by atoms with Crippen molar-refractivity contribution in [2.45, 2.75) is 19.3 Å². The summed E-state index contributed by atoms with van der Waals surface area (Å²) in [4.78, 5) is 1.56. The number of hydrogen-bond donors (Lipinski definition) is 0. The number of halogens is 2. The van der Waals surface area contributed by atoms with Gasteiger partial charge in [0.1, 0.15) is 5.82 Å². The van der Waals surface area contributed by atoms with E-state index in [1.807, 2.05) is 12.1 Å². The second kappa shape index (κ2) is 7.05. The Morgan fingerprint density at radius 1 is 0.645 bits per heavy atom. The smallest absolute Gasteiger partial charge is 0.154 e. The first-order valence-corrected chi connectivity index (χ1v) is 10.4. The molecule has 3 heteroatoms. The Balaban J connectivity index is 1.61. The van der Waals surface area contributed by atoms with Crippen molar-refractivity contribution < 1.29 is 8.78 Å². The van der Waals surface area contributed by atoms with Gasteiger partial charge in [-0.25, -0.2) is 8.78 Å². The van der Waals surface area contributed by atoms with Crippen LogP contribution in [-0.2, 0) is 5.41 Å². The van der Waals surface area contributed by atoms with Crippen LogP contribution in [0.3, 0.4) is 0 Å². The molecule has 154 valence electrons. The fourth-order valence-electron chi connectivity index (χ4n) is 4.73. The van der Waals surface area contributed by atoms with E-state index in [9.17, 15) is 4.39 Å². The van der Waals surface area contributed by atoms with Gasteiger partial charge in [-0.15, -0.1) is 0 Å². The molecule has 0 saturated carbocycles. The van der Waals surface area contributed by atoms with Gasteiger partial charge in [-0.1, -0.05) is 74.5 Å². The predicted octanol–water partition coefficient (Wildman–Crippen LogP) is 7.71. The molecule has 31 heavy (non-hydrogen) atoms. The Labute approximate surface area is 181 Å². The van der Waals surface area contributed by atoms with Gasteiger partial charge in [0.05, 0.1) is 11.4 Å². The largest absolute Gasteiger partial charge is 0.340 e. The summed E-state index contributed by atoms with van der Waals surface area (Å²) < 4.78 is 30.0. The van der Waals surface area contributed by atoms with E-state index in [0.717, 1.165) is 5.56 Å². The molecule has 0 aromatic heterocycles. The lowest BCUT2D eigenvalue weighted by Crippen LogP contribution is -2.15. The SMILES string of the molecule is CN(c1ccccc1F)c1cccc(-c2ccc3c(c2)C(C)(C)c2ccccc2-3)c1F. The molecule has 0 radical (unpaired) electrons. The molecular formula is C28H23F2N. The molecule has 0 spiro atoms. The number of para-hydroxylation sites is 1. The first-order chi connectivity index (χ1) is 14.9. The van der Waals surface area contributed by atoms with Gasteiger partial charge >= 0.3 is 0 Å². The van der Waals surface area contributed by atoms with E-state index in [-0.39, 0.29) is 17.0 Å². The van der Waals surface area contributed by atoms with E-state index in [1.165, 1.54) is 28.3 Å². The van der Waals surface area contributed by atoms with Crippen molar-refractivity contribution in [3.8, 4) is 22.3 Å². The monoisotopic (exact) mass is 411 g/mol. The van der Waals surface area contributed by atoms with Crippen LogP contribution in [0, 0.1) is 11.6 Å². The van der Waals surface area contributed by atoms with Crippen molar-refractivity contribution in [3.63, 3.8) is 0 Å². The molecule has 0 bridgehead atoms. The molecule has 1 nitrogen and oxygen atoms in total. The van der Waals surface area contributed by atoms with Crippen LogP contribution in [0.25, 0.3) is 22.3 Å². The van der Waals surface area contributed by atoms with Crippen molar-refractivity contribution >= 4 is 11.4 Å². The molecule has 0 heterocycles. The molecule has 0 atom stereocenters. The Hall–Kier alpha value is -3.46. The number of rotatable bonds is 3. The number of nitrogens with zero attached hydrogens (tertiary/aromatic N) is 1. The van der Waals surface area contributed by atoms with Crippen LogP contribution in [-0.4, -0.2) is 7.05 Å². The maximum atomic E-state index is 15.7. The van der Waals surface area contributed by atoms with Crippen LogP contribution < -0.4 is 4.90 Å². The topological polar surface area (TPSA) is 3.24 Å². The Morgan fingerprint density at radius 2 is 1.29 bits per heavy atom. The average Bonchev–Trinajstić information content (AvgIpc) is 3.01. The molecule has 5 rings (SSSR count). The first-order valence-electron chi connectivity index (χ1n) is 10.4. The summed E-state index contributed by atoms with van der Waals surface area (Å²) in [6.45, 7) is 4.42. The molecule has 0 aliphatic heterocycles. The van der Waals surface area contributed by atoms with Gasteiger partial charge in [-0.3, -0.25) is 0 Å². The fraction of sp³-hybridized carbons (Fsp3) is 0.143. The van der Waals surface area contributed by atoms with E-state index >= 15 is 4.39 Å². The standard InChI is InChI=1S/C28H23F2N/c1-28(2)22-11-5-4-9-20(22)21-16-15-18(17-23(21)28)19-10-8-14-26(27(19)30)31(3)25-13-7-6-12-24(25)29/h4-17H,1-3H3. The van der Waals surface area contributed by atoms with Gasteiger partial charge in [0, 0.05) is 18.0 Å². The summed E-state index contributed by atoms with van der Waals surface area (Å²) in [5.74, 6) is -0.742. The van der Waals surface area contributed by atoms with Crippen LogP contribution in [0.4, 0.5) is 20.2 Å². The van der Waals surface area contributed by atoms with Crippen molar-refractivity contribution in [2.75, 3.05) is 11.9 Å². The second-order valence-electron chi connectivity index (χ2n) is 8.58. The van der Waals surface area contributed by atoms with Crippen LogP contribution in [0.5, 0.6) is 0 Å². The average molecular weight is 411 g/mol. The summed E-state index contributed by atoms with van der Waals surface area (Å²) in [6, 6.07) is 26.3. The summed E-state index contributed by atoms with van der Waals surface area (Å²) in [7, 11) is 1.68. The van der Waals surface area contributed by atoms with E-state index in [1.54, 1.807) is 42.3 Å². The summed E-state index contributed by atoms with van der Waals surface area (Å²) in [5, 5.41) is 0. The third kappa shape index (κ3) is 2.96. The third-order valence-corrected chi connectivity index (χ3v) is 6.45. The van der Waals surface area contributed by atoms with Gasteiger partial charge in [0.2, 0.25) is 0 Å². The summed E-state index contributed by atoms with van der Waals surface area (Å²) >= 11 is 0. The molecule has 0 saturated heterocycles. The van der Waals surface area contributed by atoms with Crippen molar-refractivity contribution in [3.05, 3.63) is 108 Å². The molecule has 4 aromatic rings. The van der Waals surface area contributed by atoms with Crippen LogP contribution in [0.15, 0.2) is 84.9 Å². The normalized spacial score (nSPS) is 13.6. The summed E-state index contributed by atoms with van der Waals surface area (Å²) in [6.07, 6.45) is 0. The molecule has 0 N–H and O–H groups in total. The minimum atomic E-state index is -0.383. The van der Waals surface area contributed by atoms with Gasteiger partial charge in [0.15, 0.2) is 5.82 Å². The Kier molecular flexibility index (Phi) is 4.44. The second-order valence-corrected chi connectivity index (χ2v) is 8.58. The lowest BCUT2D eigenvalue weighted by atomic mass is 9.81. The highest BCUT2D eigenvalue weighted by Crippen LogP contribution is 2.49. The maximum Gasteiger partial charge on any atom is 0.154 e. The van der Waals surface area contributed by atoms with Gasteiger partial charge in [0.25, 0.3) is 0 Å². The molecule has 0 fully saturated rings. The van der Waals surface area contributed by atoms with E-state index in [2.05, 4.69) is 50.2 Å². The maximum absolute atomic E-state index is 15.7. The first kappa shape index (κ1) is 19.5. The van der Waals surface area contributed by atoms with Crippen molar-refractivity contribution in [1.29, 1.82) is 0 Å². The zero-order valence-corrected chi connectivity index (χ0v) is 17.8. The van der Waals surface area contributed by atoms with E-state index in [0.29, 0.717) is 16.9 Å². The van der Waals surface area contributed by atoms with Crippen LogP contribution in [0.1, 0.15) is 25.0 Å². The van der Waals surface area contributed by atoms with Gasteiger partial charge < -0.3 is 4.90 Å². The molecule has 4 aromatic carbocycles. The zero-order chi connectivity index (χ0) is 21.8. The number of fused-ring (bicyclic) bond motifs is 3. The van der Waals surface area contributed by atoms with E-state index in [4.69, 9.17) is 0 Å². The fourth-order valence-corrected chi connectivity index (χ4v) is 4.73. The van der Waals surface area contributed by atoms with E-state index < -0.39 is 0 Å². The van der Waals surface area contributed by atoms with Crippen molar-refractivity contribution in [2.24, 2.45) is 0 Å². The zero-order valence-electron chi connectivity index (χ0n) is 17.8. The van der Waals surface area contributed by atoms with Crippen LogP contribution in [0.2, 0.25) is 0 Å². The minimum Gasteiger partial charge on any atom is -0.340 e. The third-order valence-electron chi connectivity index (χ3n) is 6.45. The highest BCUT2D eigenvalue weighted by Gasteiger charge is 2.35. The molecule has 1 aliphatic rings. The number of benzene rings is 4. The Morgan fingerprint density at radius 3 is 2.10 bits per heavy atom. The van der Waals surface area contributed by atoms with Crippen LogP contribution >= 0.6 is 0 Å². The number of hydrogen-bond acceptors (Lipinski definition) is 1. The van der Waals surface area contributed by atoms with Gasteiger partial charge in [-0.05, 0) is 52.1 Å². The number of anilines is 2. The minimum absolute atomic E-state index is 0.153. The predicted molar refractivity (Wildman–Crippen MR) is 124 cm³/mol. The molecule has 0 amide bonds. The molecular weight excluding hydrogens is 388 g/mol. The summed E-state index contributed by atoms with van der Waals surface area (Å²) in [5.41, 5.74) is 6.77.